The van der Waals surface area contributed by atoms with Crippen LogP contribution >= 0.6 is 0 Å². The van der Waals surface area contributed by atoms with E-state index in [0.717, 1.165) is 11.1 Å². The molecule has 6 heteroatoms. The van der Waals surface area contributed by atoms with Crippen LogP contribution < -0.4 is 10.6 Å². The molecule has 0 aliphatic heterocycles. The van der Waals surface area contributed by atoms with Gasteiger partial charge in [0.25, 0.3) is 0 Å². The molecule has 2 aromatic rings. The van der Waals surface area contributed by atoms with Gasteiger partial charge < -0.3 is 10.6 Å². The maximum absolute atomic E-state index is 11.6. The Morgan fingerprint density at radius 2 is 2.00 bits per heavy atom. The van der Waals surface area contributed by atoms with E-state index in [4.69, 9.17) is 0 Å². The average Bonchev–Trinajstić information content (AvgIpc) is 2.95. The SMILES string of the molecule is Cn1cc(/C=C/C(=O)NCC(=O)NCc2ccccc2)cn1. The fourth-order valence-corrected chi connectivity index (χ4v) is 1.78. The minimum Gasteiger partial charge on any atom is -0.350 e. The van der Waals surface area contributed by atoms with Crippen molar-refractivity contribution in [1.29, 1.82) is 0 Å². The van der Waals surface area contributed by atoms with Crippen molar-refractivity contribution >= 4 is 17.9 Å². The summed E-state index contributed by atoms with van der Waals surface area (Å²) in [5.41, 5.74) is 1.84. The Hall–Kier alpha value is -2.89. The second-order valence-corrected chi connectivity index (χ2v) is 4.76. The molecule has 0 bridgehead atoms. The number of hydrogen-bond donors (Lipinski definition) is 2. The topological polar surface area (TPSA) is 76.0 Å². The summed E-state index contributed by atoms with van der Waals surface area (Å²) < 4.78 is 1.65. The standard InChI is InChI=1S/C16H18N4O2/c1-20-12-14(10-19-20)7-8-15(21)18-11-16(22)17-9-13-5-3-2-4-6-13/h2-8,10,12H,9,11H2,1H3,(H,17,22)(H,18,21)/b8-7+. The first-order valence-corrected chi connectivity index (χ1v) is 6.88. The summed E-state index contributed by atoms with van der Waals surface area (Å²) in [7, 11) is 1.80. The quantitative estimate of drug-likeness (QED) is 0.777. The molecule has 2 rings (SSSR count). The predicted octanol–water partition coefficient (Wildman–Crippen LogP) is 0.866. The summed E-state index contributed by atoms with van der Waals surface area (Å²) in [6.45, 7) is 0.393. The van der Waals surface area contributed by atoms with Crippen molar-refractivity contribution in [2.75, 3.05) is 6.54 Å². The molecule has 1 aromatic heterocycles. The number of hydrogen-bond acceptors (Lipinski definition) is 3. The molecule has 1 aromatic carbocycles. The van der Waals surface area contributed by atoms with Crippen LogP contribution in [0.2, 0.25) is 0 Å². The number of aryl methyl sites for hydroxylation is 1. The summed E-state index contributed by atoms with van der Waals surface area (Å²) >= 11 is 0. The number of aromatic nitrogens is 2. The Labute approximate surface area is 128 Å². The molecule has 2 amide bonds. The maximum atomic E-state index is 11.6. The number of benzene rings is 1. The van der Waals surface area contributed by atoms with Crippen molar-refractivity contribution in [1.82, 2.24) is 20.4 Å². The lowest BCUT2D eigenvalue weighted by atomic mass is 10.2. The average molecular weight is 298 g/mol. The van der Waals surface area contributed by atoms with E-state index < -0.39 is 0 Å². The highest BCUT2D eigenvalue weighted by Gasteiger charge is 2.03. The summed E-state index contributed by atoms with van der Waals surface area (Å²) in [6.07, 6.45) is 6.46. The maximum Gasteiger partial charge on any atom is 0.244 e. The van der Waals surface area contributed by atoms with Gasteiger partial charge in [-0.05, 0) is 11.6 Å². The van der Waals surface area contributed by atoms with E-state index in [-0.39, 0.29) is 18.4 Å². The van der Waals surface area contributed by atoms with Gasteiger partial charge in [0.05, 0.1) is 12.7 Å². The molecule has 0 saturated carbocycles. The zero-order valence-corrected chi connectivity index (χ0v) is 12.3. The van der Waals surface area contributed by atoms with Crippen LogP contribution in [0.4, 0.5) is 0 Å². The predicted molar refractivity (Wildman–Crippen MR) is 83.5 cm³/mol. The molecule has 0 radical (unpaired) electrons. The largest absolute Gasteiger partial charge is 0.350 e. The molecule has 6 nitrogen and oxygen atoms in total. The van der Waals surface area contributed by atoms with Gasteiger partial charge in [-0.2, -0.15) is 5.10 Å². The second-order valence-electron chi connectivity index (χ2n) is 4.76. The third-order valence-corrected chi connectivity index (χ3v) is 2.91. The molecular formula is C16H18N4O2. The van der Waals surface area contributed by atoms with Gasteiger partial charge in [-0.1, -0.05) is 30.3 Å². The summed E-state index contributed by atoms with van der Waals surface area (Å²) in [4.78, 5) is 23.2. The molecule has 2 N–H and O–H groups in total. The van der Waals surface area contributed by atoms with Crippen LogP contribution in [-0.2, 0) is 23.2 Å². The van der Waals surface area contributed by atoms with Crippen LogP contribution in [0.15, 0.2) is 48.8 Å². The number of nitrogens with zero attached hydrogens (tertiary/aromatic N) is 2. The van der Waals surface area contributed by atoms with E-state index >= 15 is 0 Å². The first kappa shape index (κ1) is 15.5. The fraction of sp³-hybridized carbons (Fsp3) is 0.188. The van der Waals surface area contributed by atoms with Gasteiger partial charge in [0.2, 0.25) is 11.8 Å². The minimum atomic E-state index is -0.321. The normalized spacial score (nSPS) is 10.6. The summed E-state index contributed by atoms with van der Waals surface area (Å²) in [5, 5.41) is 9.26. The van der Waals surface area contributed by atoms with Gasteiger partial charge in [-0.15, -0.1) is 0 Å². The Bertz CT molecular complexity index is 662. The zero-order chi connectivity index (χ0) is 15.8. The zero-order valence-electron chi connectivity index (χ0n) is 12.3. The first-order valence-electron chi connectivity index (χ1n) is 6.88. The van der Waals surface area contributed by atoms with Crippen molar-refractivity contribution in [3.8, 4) is 0 Å². The van der Waals surface area contributed by atoms with Crippen molar-refractivity contribution in [3.63, 3.8) is 0 Å². The molecule has 0 unspecified atom stereocenters. The highest BCUT2D eigenvalue weighted by molar-refractivity contribution is 5.94. The van der Waals surface area contributed by atoms with E-state index in [1.54, 1.807) is 30.2 Å². The minimum absolute atomic E-state index is 0.0525. The van der Waals surface area contributed by atoms with E-state index in [1.807, 2.05) is 30.3 Å². The van der Waals surface area contributed by atoms with Gasteiger partial charge in [0.15, 0.2) is 0 Å². The van der Waals surface area contributed by atoms with Crippen molar-refractivity contribution in [2.24, 2.45) is 7.05 Å². The highest BCUT2D eigenvalue weighted by atomic mass is 16.2. The Kier molecular flexibility index (Phi) is 5.48. The molecule has 0 fully saturated rings. The molecule has 0 saturated heterocycles. The van der Waals surface area contributed by atoms with Gasteiger partial charge in [0, 0.05) is 31.4 Å². The van der Waals surface area contributed by atoms with Crippen LogP contribution in [-0.4, -0.2) is 28.1 Å². The molecule has 0 aliphatic rings. The number of rotatable bonds is 6. The van der Waals surface area contributed by atoms with Gasteiger partial charge in [-0.25, -0.2) is 0 Å². The van der Waals surface area contributed by atoms with E-state index in [0.29, 0.717) is 6.54 Å². The third kappa shape index (κ3) is 5.24. The van der Waals surface area contributed by atoms with E-state index in [1.165, 1.54) is 6.08 Å². The molecule has 114 valence electrons. The molecule has 0 spiro atoms. The van der Waals surface area contributed by atoms with Crippen molar-refractivity contribution < 1.29 is 9.59 Å². The van der Waals surface area contributed by atoms with Gasteiger partial charge in [-0.3, -0.25) is 14.3 Å². The van der Waals surface area contributed by atoms with Crippen LogP contribution in [0.1, 0.15) is 11.1 Å². The second kappa shape index (κ2) is 7.78. The Morgan fingerprint density at radius 1 is 1.23 bits per heavy atom. The number of carbonyl (C=O) groups is 2. The number of amides is 2. The van der Waals surface area contributed by atoms with E-state index in [9.17, 15) is 9.59 Å². The lowest BCUT2D eigenvalue weighted by Gasteiger charge is -2.05. The number of carbonyl (C=O) groups excluding carboxylic acids is 2. The summed E-state index contributed by atoms with van der Waals surface area (Å²) in [5.74, 6) is -0.550. The lowest BCUT2D eigenvalue weighted by molar-refractivity contribution is -0.124. The van der Waals surface area contributed by atoms with Crippen LogP contribution in [0.3, 0.4) is 0 Å². The highest BCUT2D eigenvalue weighted by Crippen LogP contribution is 1.98. The van der Waals surface area contributed by atoms with Crippen LogP contribution in [0.5, 0.6) is 0 Å². The summed E-state index contributed by atoms with van der Waals surface area (Å²) in [6, 6.07) is 9.59. The third-order valence-electron chi connectivity index (χ3n) is 2.91. The van der Waals surface area contributed by atoms with Crippen LogP contribution in [0, 0.1) is 0 Å². The van der Waals surface area contributed by atoms with Gasteiger partial charge in [0.1, 0.15) is 0 Å². The lowest BCUT2D eigenvalue weighted by Crippen LogP contribution is -2.35. The van der Waals surface area contributed by atoms with Crippen molar-refractivity contribution in [2.45, 2.75) is 6.54 Å². The molecular weight excluding hydrogens is 280 g/mol. The first-order chi connectivity index (χ1) is 10.6. The smallest absolute Gasteiger partial charge is 0.244 e. The fourth-order valence-electron chi connectivity index (χ4n) is 1.78. The van der Waals surface area contributed by atoms with Crippen molar-refractivity contribution in [3.05, 3.63) is 59.9 Å². The van der Waals surface area contributed by atoms with Crippen LogP contribution in [0.25, 0.3) is 6.08 Å². The molecule has 0 atom stereocenters. The van der Waals surface area contributed by atoms with E-state index in [2.05, 4.69) is 15.7 Å². The Morgan fingerprint density at radius 3 is 2.68 bits per heavy atom. The molecule has 1 heterocycles. The van der Waals surface area contributed by atoms with Gasteiger partial charge >= 0.3 is 0 Å². The monoisotopic (exact) mass is 298 g/mol. The molecule has 0 aliphatic carbocycles. The number of nitrogens with one attached hydrogen (secondary N) is 2. The Balaban J connectivity index is 1.69. The molecule has 22 heavy (non-hydrogen) atoms.